The van der Waals surface area contributed by atoms with E-state index in [4.69, 9.17) is 4.74 Å². The third kappa shape index (κ3) is 3.96. The van der Waals surface area contributed by atoms with E-state index in [1.807, 2.05) is 41.9 Å². The van der Waals surface area contributed by atoms with Crippen molar-refractivity contribution in [1.29, 1.82) is 0 Å². The van der Waals surface area contributed by atoms with Gasteiger partial charge in [-0.15, -0.1) is 5.10 Å². The largest absolute Gasteiger partial charge is 0.376 e. The summed E-state index contributed by atoms with van der Waals surface area (Å²) in [7, 11) is 0. The van der Waals surface area contributed by atoms with Crippen LogP contribution in [0.2, 0.25) is 0 Å². The van der Waals surface area contributed by atoms with Crippen molar-refractivity contribution in [3.8, 4) is 5.69 Å². The van der Waals surface area contributed by atoms with E-state index in [2.05, 4.69) is 20.6 Å². The molecule has 3 heterocycles. The minimum absolute atomic E-state index is 0.0307. The average Bonchev–Trinajstić information content (AvgIpc) is 3.37. The predicted octanol–water partition coefficient (Wildman–Crippen LogP) is 2.51. The molecule has 2 aromatic heterocycles. The highest BCUT2D eigenvalue weighted by atomic mass is 32.2. The molecule has 1 N–H and O–H groups in total. The minimum atomic E-state index is -0.0307. The van der Waals surface area contributed by atoms with Gasteiger partial charge in [0.05, 0.1) is 29.4 Å². The molecule has 0 aliphatic carbocycles. The first-order valence-corrected chi connectivity index (χ1v) is 9.98. The molecule has 8 heteroatoms. The van der Waals surface area contributed by atoms with E-state index in [1.54, 1.807) is 6.20 Å². The number of carbonyl (C=O) groups is 1. The second kappa shape index (κ2) is 8.06. The molecule has 1 atom stereocenters. The molecule has 1 amide bonds. The first-order valence-electron chi connectivity index (χ1n) is 9.00. The van der Waals surface area contributed by atoms with Crippen LogP contribution >= 0.6 is 11.8 Å². The molecule has 3 aromatic rings. The Hall–Kier alpha value is -2.45. The third-order valence-electron chi connectivity index (χ3n) is 4.54. The zero-order chi connectivity index (χ0) is 18.6. The summed E-state index contributed by atoms with van der Waals surface area (Å²) in [6.07, 6.45) is 4.02. The molecule has 1 aromatic carbocycles. The average molecular weight is 383 g/mol. The molecule has 0 bridgehead atoms. The molecule has 1 aliphatic rings. The van der Waals surface area contributed by atoms with E-state index in [0.29, 0.717) is 11.6 Å². The fourth-order valence-corrected chi connectivity index (χ4v) is 3.92. The maximum atomic E-state index is 12.2. The third-order valence-corrected chi connectivity index (χ3v) is 5.50. The van der Waals surface area contributed by atoms with Crippen LogP contribution in [0.15, 0.2) is 41.6 Å². The van der Waals surface area contributed by atoms with Gasteiger partial charge in [0.2, 0.25) is 5.91 Å². The Morgan fingerprint density at radius 1 is 1.33 bits per heavy atom. The summed E-state index contributed by atoms with van der Waals surface area (Å²) < 4.78 is 7.39. The molecule has 0 saturated carbocycles. The van der Waals surface area contributed by atoms with Gasteiger partial charge in [-0.25, -0.2) is 4.68 Å². The number of rotatable bonds is 6. The van der Waals surface area contributed by atoms with E-state index in [-0.39, 0.29) is 17.8 Å². The SMILES string of the molecule is Cc1nnc(SCC(=O)NC[C@H]2CCCO2)c2c1cnn2-c1ccccc1. The van der Waals surface area contributed by atoms with Crippen molar-refractivity contribution >= 4 is 28.6 Å². The topological polar surface area (TPSA) is 81.9 Å². The summed E-state index contributed by atoms with van der Waals surface area (Å²) in [5, 5.41) is 17.6. The lowest BCUT2D eigenvalue weighted by Crippen LogP contribution is -2.32. The van der Waals surface area contributed by atoms with E-state index in [1.165, 1.54) is 11.8 Å². The van der Waals surface area contributed by atoms with Crippen molar-refractivity contribution in [3.05, 3.63) is 42.2 Å². The van der Waals surface area contributed by atoms with Crippen LogP contribution in [0, 0.1) is 6.92 Å². The Labute approximate surface area is 161 Å². The number of ether oxygens (including phenoxy) is 1. The van der Waals surface area contributed by atoms with Crippen molar-refractivity contribution in [1.82, 2.24) is 25.3 Å². The number of aromatic nitrogens is 4. The van der Waals surface area contributed by atoms with Crippen LogP contribution in [0.4, 0.5) is 0 Å². The number of fused-ring (bicyclic) bond motifs is 1. The van der Waals surface area contributed by atoms with Gasteiger partial charge in [0, 0.05) is 18.5 Å². The van der Waals surface area contributed by atoms with Gasteiger partial charge in [-0.05, 0) is 31.9 Å². The fourth-order valence-electron chi connectivity index (χ4n) is 3.12. The fraction of sp³-hybridized carbons (Fsp3) is 0.368. The van der Waals surface area contributed by atoms with E-state index < -0.39 is 0 Å². The molecular formula is C19H21N5O2S. The number of nitrogens with zero attached hydrogens (tertiary/aromatic N) is 4. The molecule has 140 valence electrons. The van der Waals surface area contributed by atoms with Gasteiger partial charge in [0.25, 0.3) is 0 Å². The molecule has 0 radical (unpaired) electrons. The van der Waals surface area contributed by atoms with E-state index >= 15 is 0 Å². The highest BCUT2D eigenvalue weighted by molar-refractivity contribution is 8.00. The number of carbonyl (C=O) groups excluding carboxylic acids is 1. The van der Waals surface area contributed by atoms with Gasteiger partial charge < -0.3 is 10.1 Å². The van der Waals surface area contributed by atoms with Gasteiger partial charge in [-0.2, -0.15) is 10.2 Å². The lowest BCUT2D eigenvalue weighted by molar-refractivity contribution is -0.119. The second-order valence-electron chi connectivity index (χ2n) is 6.47. The summed E-state index contributed by atoms with van der Waals surface area (Å²) in [6.45, 7) is 3.27. The highest BCUT2D eigenvalue weighted by Gasteiger charge is 2.18. The predicted molar refractivity (Wildman–Crippen MR) is 104 cm³/mol. The van der Waals surface area contributed by atoms with Crippen molar-refractivity contribution in [2.24, 2.45) is 0 Å². The van der Waals surface area contributed by atoms with Gasteiger partial charge in [0.1, 0.15) is 10.5 Å². The van der Waals surface area contributed by atoms with Gasteiger partial charge in [0.15, 0.2) is 0 Å². The van der Waals surface area contributed by atoms with Gasteiger partial charge >= 0.3 is 0 Å². The summed E-state index contributed by atoms with van der Waals surface area (Å²) in [5.41, 5.74) is 2.65. The zero-order valence-electron chi connectivity index (χ0n) is 15.1. The minimum Gasteiger partial charge on any atom is -0.376 e. The number of thioether (sulfide) groups is 1. The van der Waals surface area contributed by atoms with Crippen molar-refractivity contribution in [2.45, 2.75) is 30.9 Å². The molecule has 7 nitrogen and oxygen atoms in total. The van der Waals surface area contributed by atoms with E-state index in [9.17, 15) is 4.79 Å². The van der Waals surface area contributed by atoms with Crippen LogP contribution in [0.3, 0.4) is 0 Å². The number of hydrogen-bond donors (Lipinski definition) is 1. The lowest BCUT2D eigenvalue weighted by atomic mass is 10.2. The molecule has 1 fully saturated rings. The molecule has 0 spiro atoms. The lowest BCUT2D eigenvalue weighted by Gasteiger charge is -2.11. The highest BCUT2D eigenvalue weighted by Crippen LogP contribution is 2.28. The number of nitrogens with one attached hydrogen (secondary N) is 1. The Bertz CT molecular complexity index is 938. The van der Waals surface area contributed by atoms with Crippen molar-refractivity contribution in [2.75, 3.05) is 18.9 Å². The monoisotopic (exact) mass is 383 g/mol. The zero-order valence-corrected chi connectivity index (χ0v) is 15.9. The maximum absolute atomic E-state index is 12.2. The Morgan fingerprint density at radius 3 is 2.96 bits per heavy atom. The smallest absolute Gasteiger partial charge is 0.230 e. The molecular weight excluding hydrogens is 362 g/mol. The quantitative estimate of drug-likeness (QED) is 0.659. The van der Waals surface area contributed by atoms with Crippen LogP contribution < -0.4 is 5.32 Å². The standard InChI is InChI=1S/C19H21N5O2S/c1-13-16-11-21-24(14-6-3-2-4-7-14)18(16)19(23-22-13)27-12-17(25)20-10-15-8-5-9-26-15/h2-4,6-7,11,15H,5,8-10,12H2,1H3,(H,20,25)/t15-/m1/s1. The van der Waals surface area contributed by atoms with Gasteiger partial charge in [-0.1, -0.05) is 30.0 Å². The van der Waals surface area contributed by atoms with Crippen LogP contribution in [0.1, 0.15) is 18.5 Å². The molecule has 27 heavy (non-hydrogen) atoms. The molecule has 0 unspecified atom stereocenters. The van der Waals surface area contributed by atoms with Crippen molar-refractivity contribution in [3.63, 3.8) is 0 Å². The van der Waals surface area contributed by atoms with Crippen molar-refractivity contribution < 1.29 is 9.53 Å². The molecule has 1 aliphatic heterocycles. The van der Waals surface area contributed by atoms with Gasteiger partial charge in [-0.3, -0.25) is 4.79 Å². The number of aryl methyl sites for hydroxylation is 1. The summed E-state index contributed by atoms with van der Waals surface area (Å²) in [4.78, 5) is 12.2. The van der Waals surface area contributed by atoms with Crippen LogP contribution in [0.25, 0.3) is 16.6 Å². The molecule has 1 saturated heterocycles. The maximum Gasteiger partial charge on any atom is 0.230 e. The molecule has 4 rings (SSSR count). The summed E-state index contributed by atoms with van der Waals surface area (Å²) in [6, 6.07) is 9.88. The van der Waals surface area contributed by atoms with Crippen LogP contribution in [-0.2, 0) is 9.53 Å². The summed E-state index contributed by atoms with van der Waals surface area (Å²) in [5.74, 6) is 0.247. The number of para-hydroxylation sites is 1. The first-order chi connectivity index (χ1) is 13.2. The van der Waals surface area contributed by atoms with Crippen LogP contribution in [0.5, 0.6) is 0 Å². The summed E-state index contributed by atoms with van der Waals surface area (Å²) >= 11 is 1.38. The van der Waals surface area contributed by atoms with Crippen LogP contribution in [-0.4, -0.2) is 50.9 Å². The number of amides is 1. The number of benzene rings is 1. The second-order valence-corrected chi connectivity index (χ2v) is 7.44. The Kier molecular flexibility index (Phi) is 5.35. The number of hydrogen-bond acceptors (Lipinski definition) is 6. The Morgan fingerprint density at radius 2 is 2.19 bits per heavy atom. The van der Waals surface area contributed by atoms with E-state index in [0.717, 1.165) is 41.7 Å². The normalized spacial score (nSPS) is 16.7. The first kappa shape index (κ1) is 17.9. The Balaban J connectivity index is 1.52.